The summed E-state index contributed by atoms with van der Waals surface area (Å²) in [7, 11) is 1.86. The van der Waals surface area contributed by atoms with Crippen molar-refractivity contribution in [2.75, 3.05) is 16.8 Å². The van der Waals surface area contributed by atoms with Crippen molar-refractivity contribution in [3.05, 3.63) is 29.5 Å². The summed E-state index contributed by atoms with van der Waals surface area (Å²) in [6.45, 7) is 0. The van der Waals surface area contributed by atoms with Crippen LogP contribution in [0.3, 0.4) is 0 Å². The molecular formula is C12H14ClN5OS. The van der Waals surface area contributed by atoms with Gasteiger partial charge in [-0.05, 0) is 18.2 Å². The number of thioether (sulfide) groups is 1. The van der Waals surface area contributed by atoms with E-state index < -0.39 is 0 Å². The van der Waals surface area contributed by atoms with Gasteiger partial charge in [-0.15, -0.1) is 10.2 Å². The molecule has 3 N–H and O–H groups in total. The molecule has 0 saturated heterocycles. The molecule has 1 aromatic carbocycles. The number of benzene rings is 1. The van der Waals surface area contributed by atoms with Gasteiger partial charge in [0.25, 0.3) is 0 Å². The Balaban J connectivity index is 1.82. The summed E-state index contributed by atoms with van der Waals surface area (Å²) in [6.07, 6.45) is 1.98. The van der Waals surface area contributed by atoms with Crippen molar-refractivity contribution >= 4 is 40.6 Å². The number of aromatic nitrogens is 3. The molecule has 0 atom stereocenters. The number of nitrogens with zero attached hydrogens (tertiary/aromatic N) is 3. The van der Waals surface area contributed by atoms with Crippen molar-refractivity contribution in [2.45, 2.75) is 11.6 Å². The van der Waals surface area contributed by atoms with E-state index in [9.17, 15) is 4.79 Å². The fraction of sp³-hybridized carbons (Fsp3) is 0.250. The molecule has 1 heterocycles. The predicted octanol–water partition coefficient (Wildman–Crippen LogP) is 2.17. The van der Waals surface area contributed by atoms with E-state index in [1.807, 2.05) is 7.05 Å². The molecule has 2 rings (SSSR count). The first-order chi connectivity index (χ1) is 9.56. The smallest absolute Gasteiger partial charge is 0.225 e. The van der Waals surface area contributed by atoms with Crippen LogP contribution in [-0.2, 0) is 11.8 Å². The Morgan fingerprint density at radius 1 is 1.55 bits per heavy atom. The zero-order chi connectivity index (χ0) is 14.5. The lowest BCUT2D eigenvalue weighted by Crippen LogP contribution is -2.13. The SMILES string of the molecule is Cn1cnnc1SCCC(=O)Nc1ccc(Cl)cc1N. The van der Waals surface area contributed by atoms with E-state index in [4.69, 9.17) is 17.3 Å². The highest BCUT2D eigenvalue weighted by atomic mass is 35.5. The molecule has 0 radical (unpaired) electrons. The van der Waals surface area contributed by atoms with Gasteiger partial charge in [0.1, 0.15) is 6.33 Å². The van der Waals surface area contributed by atoms with E-state index in [0.29, 0.717) is 28.6 Å². The van der Waals surface area contributed by atoms with E-state index >= 15 is 0 Å². The van der Waals surface area contributed by atoms with E-state index in [0.717, 1.165) is 5.16 Å². The van der Waals surface area contributed by atoms with Crippen molar-refractivity contribution in [3.8, 4) is 0 Å². The van der Waals surface area contributed by atoms with Gasteiger partial charge < -0.3 is 15.6 Å². The van der Waals surface area contributed by atoms with Gasteiger partial charge in [-0.3, -0.25) is 4.79 Å². The van der Waals surface area contributed by atoms with Gasteiger partial charge >= 0.3 is 0 Å². The second-order valence-electron chi connectivity index (χ2n) is 4.10. The molecule has 20 heavy (non-hydrogen) atoms. The quantitative estimate of drug-likeness (QED) is 0.653. The van der Waals surface area contributed by atoms with Crippen LogP contribution in [0.1, 0.15) is 6.42 Å². The number of nitrogens with one attached hydrogen (secondary N) is 1. The minimum absolute atomic E-state index is 0.103. The second kappa shape index (κ2) is 6.62. The topological polar surface area (TPSA) is 85.8 Å². The van der Waals surface area contributed by atoms with E-state index in [1.165, 1.54) is 11.8 Å². The average Bonchev–Trinajstić information content (AvgIpc) is 2.79. The van der Waals surface area contributed by atoms with Crippen LogP contribution in [0.15, 0.2) is 29.7 Å². The first kappa shape index (κ1) is 14.7. The Labute approximate surface area is 125 Å². The minimum atomic E-state index is -0.103. The molecule has 0 bridgehead atoms. The number of halogens is 1. The first-order valence-corrected chi connectivity index (χ1v) is 7.24. The van der Waals surface area contributed by atoms with Crippen LogP contribution in [0.5, 0.6) is 0 Å². The number of nitrogen functional groups attached to an aromatic ring is 1. The Morgan fingerprint density at radius 3 is 3.00 bits per heavy atom. The second-order valence-corrected chi connectivity index (χ2v) is 5.60. The van der Waals surface area contributed by atoms with Crippen LogP contribution in [0, 0.1) is 0 Å². The number of aryl methyl sites for hydroxylation is 1. The van der Waals surface area contributed by atoms with Crippen LogP contribution in [0.4, 0.5) is 11.4 Å². The summed E-state index contributed by atoms with van der Waals surface area (Å²) >= 11 is 7.27. The summed E-state index contributed by atoms with van der Waals surface area (Å²) < 4.78 is 1.81. The van der Waals surface area contributed by atoms with E-state index in [1.54, 1.807) is 29.1 Å². The Morgan fingerprint density at radius 2 is 2.35 bits per heavy atom. The molecule has 0 aliphatic heterocycles. The lowest BCUT2D eigenvalue weighted by Gasteiger charge is -2.08. The van der Waals surface area contributed by atoms with Gasteiger partial charge in [-0.1, -0.05) is 23.4 Å². The summed E-state index contributed by atoms with van der Waals surface area (Å²) in [5, 5.41) is 11.8. The predicted molar refractivity (Wildman–Crippen MR) is 80.8 cm³/mol. The van der Waals surface area contributed by atoms with Crippen molar-refractivity contribution < 1.29 is 4.79 Å². The summed E-state index contributed by atoms with van der Waals surface area (Å²) in [5.41, 5.74) is 6.79. The molecule has 0 fully saturated rings. The van der Waals surface area contributed by atoms with Crippen molar-refractivity contribution in [1.82, 2.24) is 14.8 Å². The molecule has 106 valence electrons. The standard InChI is InChI=1S/C12H14ClN5OS/c1-18-7-15-17-12(18)20-5-4-11(19)16-10-3-2-8(13)6-9(10)14/h2-3,6-7H,4-5,14H2,1H3,(H,16,19). The van der Waals surface area contributed by atoms with Gasteiger partial charge in [0.15, 0.2) is 5.16 Å². The van der Waals surface area contributed by atoms with Crippen molar-refractivity contribution in [3.63, 3.8) is 0 Å². The molecule has 1 aromatic heterocycles. The van der Waals surface area contributed by atoms with E-state index in [-0.39, 0.29) is 5.91 Å². The number of carbonyl (C=O) groups excluding carboxylic acids is 1. The highest BCUT2D eigenvalue weighted by molar-refractivity contribution is 7.99. The zero-order valence-electron chi connectivity index (χ0n) is 10.8. The number of anilines is 2. The van der Waals surface area contributed by atoms with E-state index in [2.05, 4.69) is 15.5 Å². The minimum Gasteiger partial charge on any atom is -0.397 e. The maximum atomic E-state index is 11.8. The third kappa shape index (κ3) is 3.88. The van der Waals surface area contributed by atoms with Crippen molar-refractivity contribution in [1.29, 1.82) is 0 Å². The summed E-state index contributed by atoms with van der Waals surface area (Å²) in [5.74, 6) is 0.514. The number of nitrogens with two attached hydrogens (primary N) is 1. The maximum absolute atomic E-state index is 11.8. The highest BCUT2D eigenvalue weighted by Gasteiger charge is 2.07. The third-order valence-electron chi connectivity index (χ3n) is 2.52. The van der Waals surface area contributed by atoms with Gasteiger partial charge in [0, 0.05) is 24.2 Å². The van der Waals surface area contributed by atoms with Crippen molar-refractivity contribution in [2.24, 2.45) is 7.05 Å². The average molecular weight is 312 g/mol. The number of amides is 1. The van der Waals surface area contributed by atoms with Crippen LogP contribution in [0.2, 0.25) is 5.02 Å². The molecule has 0 spiro atoms. The third-order valence-corrected chi connectivity index (χ3v) is 3.79. The molecule has 0 aliphatic rings. The number of rotatable bonds is 5. The Hall–Kier alpha value is -1.73. The van der Waals surface area contributed by atoms with Crippen LogP contribution in [-0.4, -0.2) is 26.4 Å². The zero-order valence-corrected chi connectivity index (χ0v) is 12.4. The fourth-order valence-electron chi connectivity index (χ4n) is 1.50. The van der Waals surface area contributed by atoms with Gasteiger partial charge in [0.05, 0.1) is 11.4 Å². The lowest BCUT2D eigenvalue weighted by atomic mass is 10.2. The van der Waals surface area contributed by atoms with Gasteiger partial charge in [0.2, 0.25) is 5.91 Å². The molecule has 2 aromatic rings. The van der Waals surface area contributed by atoms with Gasteiger partial charge in [-0.25, -0.2) is 0 Å². The largest absolute Gasteiger partial charge is 0.397 e. The highest BCUT2D eigenvalue weighted by Crippen LogP contribution is 2.23. The van der Waals surface area contributed by atoms with Crippen LogP contribution >= 0.6 is 23.4 Å². The number of hydrogen-bond donors (Lipinski definition) is 2. The van der Waals surface area contributed by atoms with Crippen LogP contribution < -0.4 is 11.1 Å². The summed E-state index contributed by atoms with van der Waals surface area (Å²) in [6, 6.07) is 4.97. The summed E-state index contributed by atoms with van der Waals surface area (Å²) in [4.78, 5) is 11.8. The first-order valence-electron chi connectivity index (χ1n) is 5.88. The normalized spacial score (nSPS) is 10.5. The molecular weight excluding hydrogens is 298 g/mol. The Bertz CT molecular complexity index is 616. The van der Waals surface area contributed by atoms with Crippen LogP contribution in [0.25, 0.3) is 0 Å². The molecule has 8 heteroatoms. The molecule has 0 aliphatic carbocycles. The molecule has 0 unspecified atom stereocenters. The number of carbonyl (C=O) groups is 1. The van der Waals surface area contributed by atoms with Gasteiger partial charge in [-0.2, -0.15) is 0 Å². The lowest BCUT2D eigenvalue weighted by molar-refractivity contribution is -0.115. The number of hydrogen-bond acceptors (Lipinski definition) is 5. The molecule has 1 amide bonds. The monoisotopic (exact) mass is 311 g/mol. The Kier molecular flexibility index (Phi) is 4.86. The maximum Gasteiger partial charge on any atom is 0.225 e. The molecule has 6 nitrogen and oxygen atoms in total. The fourth-order valence-corrected chi connectivity index (χ4v) is 2.50. The molecule has 0 saturated carbocycles.